The van der Waals surface area contributed by atoms with Gasteiger partial charge in [-0.2, -0.15) is 5.10 Å². The number of anilines is 1. The maximum atomic E-state index is 14.3. The lowest BCUT2D eigenvalue weighted by atomic mass is 9.98. The molecule has 0 spiro atoms. The van der Waals surface area contributed by atoms with Crippen molar-refractivity contribution in [3.05, 3.63) is 83.6 Å². The molecule has 2 aliphatic carbocycles. The van der Waals surface area contributed by atoms with E-state index < -0.39 is 11.6 Å². The van der Waals surface area contributed by atoms with E-state index in [-0.39, 0.29) is 41.4 Å². The number of aromatic nitrogens is 5. The Morgan fingerprint density at radius 3 is 2.64 bits per heavy atom. The van der Waals surface area contributed by atoms with Gasteiger partial charge < -0.3 is 15.0 Å². The van der Waals surface area contributed by atoms with Gasteiger partial charge in [-0.3, -0.25) is 19.1 Å². The van der Waals surface area contributed by atoms with E-state index >= 15 is 0 Å². The lowest BCUT2D eigenvalue weighted by Gasteiger charge is -2.36. The van der Waals surface area contributed by atoms with E-state index in [1.165, 1.54) is 6.92 Å². The monoisotopic (exact) mass is 667 g/mol. The highest BCUT2D eigenvalue weighted by Gasteiger charge is 2.99. The summed E-state index contributed by atoms with van der Waals surface area (Å²) in [6, 6.07) is 8.44. The number of carbonyl (C=O) groups is 3. The first-order valence-electron chi connectivity index (χ1n) is 14.6. The highest BCUT2D eigenvalue weighted by Crippen LogP contribution is 2.88. The van der Waals surface area contributed by atoms with Gasteiger partial charge in [-0.05, 0) is 65.5 Å². The van der Waals surface area contributed by atoms with Gasteiger partial charge in [0.15, 0.2) is 5.78 Å². The lowest BCUT2D eigenvalue weighted by Crippen LogP contribution is -2.54. The Morgan fingerprint density at radius 1 is 1.16 bits per heavy atom. The third-order valence-corrected chi connectivity index (χ3v) is 9.70. The molecular weight excluding hydrogens is 638 g/mol. The molecule has 0 radical (unpaired) electrons. The molecule has 1 unspecified atom stereocenters. The molecule has 2 amide bonds. The summed E-state index contributed by atoms with van der Waals surface area (Å²) in [6.45, 7) is 11.0. The molecule has 3 fully saturated rings. The summed E-state index contributed by atoms with van der Waals surface area (Å²) < 4.78 is 8.17. The number of fused-ring (bicyclic) bond motifs is 1. The summed E-state index contributed by atoms with van der Waals surface area (Å²) in [7, 11) is 0. The number of halogens is 1. The van der Waals surface area contributed by atoms with E-state index in [0.717, 1.165) is 17.5 Å². The lowest BCUT2D eigenvalue weighted by molar-refractivity contribution is -0.143. The number of amides is 2. The number of nitrogens with zero attached hydrogens (tertiary/aromatic N) is 6. The summed E-state index contributed by atoms with van der Waals surface area (Å²) >= 11 is 3.36. The number of pyridine rings is 1. The molecule has 4 aromatic rings. The number of hydrogen-bond donors (Lipinski definition) is 1. The number of benzene rings is 1. The minimum absolute atomic E-state index is 0.153. The zero-order valence-electron chi connectivity index (χ0n) is 24.8. The molecule has 1 aromatic carbocycles. The molecule has 1 N–H and O–H groups in total. The quantitative estimate of drug-likeness (QED) is 0.145. The Bertz CT molecular complexity index is 1940. The number of Topliss-reactive ketones (excluding diaryl/α,β-unsaturated/α-hetero) is 1. The SMILES string of the molecule is C=CCOC1[C@@]23C[C@@H](C(=O)Nc4nc(Br)ccc4C=C)N(C(=O)Cn4nc(C(C)=O)c5cc(-c6cnc(C)nc6)ccc54)[C@]12C3. The number of nitrogens with one attached hydrogen (secondary N) is 1. The van der Waals surface area contributed by atoms with E-state index in [4.69, 9.17) is 4.74 Å². The van der Waals surface area contributed by atoms with Gasteiger partial charge in [-0.15, -0.1) is 6.58 Å². The molecule has 1 aliphatic heterocycles. The normalized spacial score (nSPS) is 24.1. The van der Waals surface area contributed by atoms with Crippen LogP contribution in [-0.2, 0) is 20.9 Å². The van der Waals surface area contributed by atoms with Gasteiger partial charge in [0.2, 0.25) is 11.8 Å². The predicted octanol–water partition coefficient (Wildman–Crippen LogP) is 4.76. The first-order chi connectivity index (χ1) is 21.6. The molecule has 12 heteroatoms. The third-order valence-electron chi connectivity index (χ3n) is 9.26. The maximum Gasteiger partial charge on any atom is 0.248 e. The van der Waals surface area contributed by atoms with Crippen molar-refractivity contribution >= 4 is 56.3 Å². The van der Waals surface area contributed by atoms with Crippen LogP contribution in [-0.4, -0.2) is 71.5 Å². The van der Waals surface area contributed by atoms with Crippen LogP contribution < -0.4 is 5.32 Å². The third kappa shape index (κ3) is 4.45. The minimum atomic E-state index is -0.726. The minimum Gasteiger partial charge on any atom is -0.371 e. The zero-order valence-corrected chi connectivity index (χ0v) is 26.4. The highest BCUT2D eigenvalue weighted by atomic mass is 79.9. The molecule has 0 bridgehead atoms. The van der Waals surface area contributed by atoms with Crippen molar-refractivity contribution in [2.75, 3.05) is 11.9 Å². The van der Waals surface area contributed by atoms with Gasteiger partial charge in [0.1, 0.15) is 34.5 Å². The fourth-order valence-corrected chi connectivity index (χ4v) is 7.39. The Kier molecular flexibility index (Phi) is 6.82. The molecule has 4 heterocycles. The summed E-state index contributed by atoms with van der Waals surface area (Å²) in [6.07, 6.45) is 7.84. The second-order valence-corrected chi connectivity index (χ2v) is 12.6. The Morgan fingerprint density at radius 2 is 1.93 bits per heavy atom. The molecule has 11 nitrogen and oxygen atoms in total. The number of hydrogen-bond acceptors (Lipinski definition) is 8. The van der Waals surface area contributed by atoms with Crippen molar-refractivity contribution in [2.45, 2.75) is 50.9 Å². The maximum absolute atomic E-state index is 14.3. The number of ether oxygens (including phenoxy) is 1. The average Bonchev–Trinajstić information content (AvgIpc) is 3.66. The number of likely N-dealkylation sites (tertiary alicyclic amines) is 1. The molecule has 45 heavy (non-hydrogen) atoms. The second-order valence-electron chi connectivity index (χ2n) is 11.8. The van der Waals surface area contributed by atoms with Crippen LogP contribution in [0.2, 0.25) is 0 Å². The average molecular weight is 669 g/mol. The van der Waals surface area contributed by atoms with E-state index in [1.54, 1.807) is 46.3 Å². The van der Waals surface area contributed by atoms with Crippen LogP contribution in [0, 0.1) is 12.3 Å². The largest absolute Gasteiger partial charge is 0.371 e. The standard InChI is InChI=1S/C33H30BrN7O4/c1-5-11-45-31-32-13-25(30(44)38-29-20(6-2)8-10-26(34)37-29)41(33(31,32)17-32)27(43)16-40-24-9-7-21(22-14-35-19(4)36-15-22)12-23(24)28(39-40)18(3)42/h5-10,12,14-15,25,31H,1-2,11,13,16-17H2,3-4H3,(H,37,38,44)/t25-,31?,32-,33+/m0/s1. The van der Waals surface area contributed by atoms with Crippen LogP contribution in [0.25, 0.3) is 28.1 Å². The van der Waals surface area contributed by atoms with Crippen LogP contribution in [0.15, 0.2) is 66.6 Å². The van der Waals surface area contributed by atoms with Gasteiger partial charge in [0.25, 0.3) is 0 Å². The van der Waals surface area contributed by atoms with Crippen LogP contribution in [0.1, 0.15) is 41.6 Å². The molecule has 2 saturated carbocycles. The fraction of sp³-hybridized carbons (Fsp3) is 0.303. The summed E-state index contributed by atoms with van der Waals surface area (Å²) in [4.78, 5) is 55.4. The van der Waals surface area contributed by atoms with Crippen LogP contribution >= 0.6 is 15.9 Å². The van der Waals surface area contributed by atoms with Crippen LogP contribution in [0.3, 0.4) is 0 Å². The smallest absolute Gasteiger partial charge is 0.248 e. The second kappa shape index (κ2) is 10.5. The molecule has 228 valence electrons. The van der Waals surface area contributed by atoms with Gasteiger partial charge in [0.05, 0.1) is 23.8 Å². The van der Waals surface area contributed by atoms with Crippen LogP contribution in [0.5, 0.6) is 0 Å². The van der Waals surface area contributed by atoms with Crippen molar-refractivity contribution in [1.29, 1.82) is 0 Å². The molecule has 3 aliphatic rings. The molecule has 4 atom stereocenters. The summed E-state index contributed by atoms with van der Waals surface area (Å²) in [5.74, 6) is 0.192. The number of rotatable bonds is 10. The van der Waals surface area contributed by atoms with Gasteiger partial charge >= 0.3 is 0 Å². The van der Waals surface area contributed by atoms with Gasteiger partial charge in [-0.25, -0.2) is 15.0 Å². The van der Waals surface area contributed by atoms with E-state index in [2.05, 4.69) is 54.5 Å². The number of ketones is 1. The van der Waals surface area contributed by atoms with E-state index in [1.807, 2.05) is 25.1 Å². The van der Waals surface area contributed by atoms with E-state index in [9.17, 15) is 14.4 Å². The number of aryl methyl sites for hydroxylation is 1. The number of carbonyl (C=O) groups excluding carboxylic acids is 3. The number of piperidine rings is 2. The van der Waals surface area contributed by atoms with Crippen molar-refractivity contribution in [3.8, 4) is 11.1 Å². The first kappa shape index (κ1) is 29.2. The van der Waals surface area contributed by atoms with Gasteiger partial charge in [0, 0.05) is 41.2 Å². The van der Waals surface area contributed by atoms with Crippen LogP contribution in [0.4, 0.5) is 5.82 Å². The fourth-order valence-electron chi connectivity index (χ4n) is 7.08. The van der Waals surface area contributed by atoms with Crippen molar-refractivity contribution < 1.29 is 19.1 Å². The molecule has 1 saturated heterocycles. The summed E-state index contributed by atoms with van der Waals surface area (Å²) in [5, 5.41) is 8.12. The molecule has 7 rings (SSSR count). The molecular formula is C33H30BrN7O4. The van der Waals surface area contributed by atoms with E-state index in [0.29, 0.717) is 45.7 Å². The Balaban J connectivity index is 1.21. The first-order valence-corrected chi connectivity index (χ1v) is 15.4. The van der Waals surface area contributed by atoms with Crippen molar-refractivity contribution in [3.63, 3.8) is 0 Å². The Hall–Kier alpha value is -4.55. The van der Waals surface area contributed by atoms with Crippen molar-refractivity contribution in [1.82, 2.24) is 29.6 Å². The highest BCUT2D eigenvalue weighted by molar-refractivity contribution is 9.10. The summed E-state index contributed by atoms with van der Waals surface area (Å²) in [5.41, 5.74) is 2.38. The van der Waals surface area contributed by atoms with Crippen molar-refractivity contribution in [2.24, 2.45) is 5.41 Å². The molecule has 3 aromatic heterocycles. The predicted molar refractivity (Wildman–Crippen MR) is 171 cm³/mol. The Labute approximate surface area is 267 Å². The topological polar surface area (TPSA) is 132 Å². The van der Waals surface area contributed by atoms with Gasteiger partial charge in [-0.1, -0.05) is 24.8 Å². The zero-order chi connectivity index (χ0) is 31.7.